The van der Waals surface area contributed by atoms with Crippen molar-refractivity contribution >= 4 is 15.5 Å². The lowest BCUT2D eigenvalue weighted by Crippen LogP contribution is -2.07. The Balaban J connectivity index is 2.35. The zero-order valence-corrected chi connectivity index (χ0v) is 12.3. The summed E-state index contributed by atoms with van der Waals surface area (Å²) >= 11 is 0. The molecule has 0 saturated carbocycles. The number of methoxy groups -OCH3 is 1. The molecular formula is C15H17NO3S. The molecule has 106 valence electrons. The van der Waals surface area contributed by atoms with Gasteiger partial charge in [0.15, 0.2) is 9.84 Å². The van der Waals surface area contributed by atoms with Gasteiger partial charge >= 0.3 is 0 Å². The van der Waals surface area contributed by atoms with Crippen molar-refractivity contribution in [1.29, 1.82) is 0 Å². The Morgan fingerprint density at radius 1 is 1.15 bits per heavy atom. The average molecular weight is 291 g/mol. The van der Waals surface area contributed by atoms with Gasteiger partial charge < -0.3 is 10.5 Å². The van der Waals surface area contributed by atoms with Crippen LogP contribution >= 0.6 is 0 Å². The minimum Gasteiger partial charge on any atom is -0.497 e. The highest BCUT2D eigenvalue weighted by Crippen LogP contribution is 2.23. The molecule has 2 aromatic rings. The van der Waals surface area contributed by atoms with Gasteiger partial charge in [0.25, 0.3) is 0 Å². The van der Waals surface area contributed by atoms with E-state index in [0.717, 1.165) is 0 Å². The molecule has 0 radical (unpaired) electrons. The number of rotatable bonds is 4. The van der Waals surface area contributed by atoms with E-state index in [2.05, 4.69) is 0 Å². The number of ether oxygens (including phenoxy) is 1. The third-order valence-electron chi connectivity index (χ3n) is 3.02. The summed E-state index contributed by atoms with van der Waals surface area (Å²) in [5.74, 6) is 0.585. The first-order valence-electron chi connectivity index (χ1n) is 6.14. The van der Waals surface area contributed by atoms with Gasteiger partial charge in [0.05, 0.1) is 17.8 Å². The Bertz CT molecular complexity index is 724. The monoisotopic (exact) mass is 291 g/mol. The minimum atomic E-state index is -3.40. The number of benzene rings is 2. The largest absolute Gasteiger partial charge is 0.497 e. The Hall–Kier alpha value is -2.01. The molecule has 2 aromatic carbocycles. The maximum absolute atomic E-state index is 12.5. The Kier molecular flexibility index (Phi) is 3.99. The maximum atomic E-state index is 12.5. The van der Waals surface area contributed by atoms with Gasteiger partial charge in [-0.1, -0.05) is 12.1 Å². The van der Waals surface area contributed by atoms with E-state index in [0.29, 0.717) is 27.5 Å². The first-order valence-corrected chi connectivity index (χ1v) is 7.79. The highest BCUT2D eigenvalue weighted by atomic mass is 32.2. The molecule has 0 aromatic heterocycles. The van der Waals surface area contributed by atoms with Crippen molar-refractivity contribution in [3.63, 3.8) is 0 Å². The van der Waals surface area contributed by atoms with Gasteiger partial charge in [-0.3, -0.25) is 0 Å². The number of hydrogen-bond donors (Lipinski definition) is 1. The van der Waals surface area contributed by atoms with Crippen LogP contribution in [0.4, 0.5) is 5.69 Å². The number of nitrogen functional groups attached to an aromatic ring is 1. The first kappa shape index (κ1) is 14.4. The van der Waals surface area contributed by atoms with Gasteiger partial charge in [0, 0.05) is 5.69 Å². The van der Waals surface area contributed by atoms with Crippen LogP contribution in [0.25, 0.3) is 0 Å². The van der Waals surface area contributed by atoms with Crippen molar-refractivity contribution in [2.24, 2.45) is 0 Å². The maximum Gasteiger partial charge on any atom is 0.182 e. The third kappa shape index (κ3) is 3.11. The molecule has 4 nitrogen and oxygen atoms in total. The fourth-order valence-electron chi connectivity index (χ4n) is 2.08. The molecule has 20 heavy (non-hydrogen) atoms. The predicted molar refractivity (Wildman–Crippen MR) is 79.5 cm³/mol. The molecule has 0 saturated heterocycles. The van der Waals surface area contributed by atoms with Crippen LogP contribution in [0.15, 0.2) is 47.4 Å². The van der Waals surface area contributed by atoms with E-state index in [4.69, 9.17) is 10.5 Å². The summed E-state index contributed by atoms with van der Waals surface area (Å²) in [6.45, 7) is 1.74. The smallest absolute Gasteiger partial charge is 0.182 e. The summed E-state index contributed by atoms with van der Waals surface area (Å²) in [4.78, 5) is 0.314. The van der Waals surface area contributed by atoms with Gasteiger partial charge in [-0.15, -0.1) is 0 Å². The Morgan fingerprint density at radius 3 is 2.55 bits per heavy atom. The quantitative estimate of drug-likeness (QED) is 0.879. The second-order valence-electron chi connectivity index (χ2n) is 4.64. The summed E-state index contributed by atoms with van der Waals surface area (Å²) in [5.41, 5.74) is 7.56. The van der Waals surface area contributed by atoms with Crippen LogP contribution in [-0.2, 0) is 15.6 Å². The van der Waals surface area contributed by atoms with E-state index in [9.17, 15) is 8.42 Å². The topological polar surface area (TPSA) is 69.4 Å². The van der Waals surface area contributed by atoms with Crippen LogP contribution in [0.3, 0.4) is 0 Å². The molecule has 0 spiro atoms. The van der Waals surface area contributed by atoms with Crippen molar-refractivity contribution in [2.75, 3.05) is 12.8 Å². The fourth-order valence-corrected chi connectivity index (χ4v) is 3.68. The van der Waals surface area contributed by atoms with E-state index in [1.165, 1.54) is 0 Å². The number of sulfone groups is 1. The summed E-state index contributed by atoms with van der Waals surface area (Å²) in [7, 11) is -1.84. The van der Waals surface area contributed by atoms with Crippen LogP contribution in [0.1, 0.15) is 11.1 Å². The van der Waals surface area contributed by atoms with Gasteiger partial charge in [-0.05, 0) is 48.4 Å². The number of nitrogens with two attached hydrogens (primary N) is 1. The zero-order chi connectivity index (χ0) is 14.8. The van der Waals surface area contributed by atoms with Crippen LogP contribution in [0, 0.1) is 6.92 Å². The highest BCUT2D eigenvalue weighted by molar-refractivity contribution is 7.90. The predicted octanol–water partition coefficient (Wildman–Crippen LogP) is 2.56. The summed E-state index contributed by atoms with van der Waals surface area (Å²) in [5, 5.41) is 0. The third-order valence-corrected chi connectivity index (χ3v) is 4.87. The average Bonchev–Trinajstić information content (AvgIpc) is 2.37. The van der Waals surface area contributed by atoms with Crippen molar-refractivity contribution in [2.45, 2.75) is 17.6 Å². The molecule has 0 amide bonds. The molecular weight excluding hydrogens is 274 g/mol. The molecule has 2 N–H and O–H groups in total. The van der Waals surface area contributed by atoms with E-state index in [1.807, 2.05) is 0 Å². The van der Waals surface area contributed by atoms with Crippen molar-refractivity contribution in [3.05, 3.63) is 53.6 Å². The van der Waals surface area contributed by atoms with E-state index in [-0.39, 0.29) is 5.75 Å². The van der Waals surface area contributed by atoms with Gasteiger partial charge in [0.1, 0.15) is 5.75 Å². The molecule has 0 aliphatic carbocycles. The molecule has 2 rings (SSSR count). The molecule has 0 heterocycles. The van der Waals surface area contributed by atoms with Crippen LogP contribution in [0.5, 0.6) is 5.75 Å². The van der Waals surface area contributed by atoms with Crippen molar-refractivity contribution < 1.29 is 13.2 Å². The Labute approximate surface area is 119 Å². The fraction of sp³-hybridized carbons (Fsp3) is 0.200. The molecule has 0 atom stereocenters. The van der Waals surface area contributed by atoms with Crippen LogP contribution in [0.2, 0.25) is 0 Å². The normalized spacial score (nSPS) is 11.3. The summed E-state index contributed by atoms with van der Waals surface area (Å²) in [6, 6.07) is 11.9. The molecule has 0 aliphatic heterocycles. The molecule has 0 aliphatic rings. The standard InChI is InChI=1S/C15H17NO3S/c1-11-8-13(16)6-7-15(11)20(17,18)10-12-4-3-5-14(9-12)19-2/h3-9H,10,16H2,1-2H3. The van der Waals surface area contributed by atoms with Gasteiger partial charge in [-0.25, -0.2) is 8.42 Å². The lowest BCUT2D eigenvalue weighted by Gasteiger charge is -2.09. The lowest BCUT2D eigenvalue weighted by atomic mass is 10.2. The zero-order valence-electron chi connectivity index (χ0n) is 11.5. The van der Waals surface area contributed by atoms with Crippen molar-refractivity contribution in [1.82, 2.24) is 0 Å². The van der Waals surface area contributed by atoms with E-state index >= 15 is 0 Å². The second kappa shape index (κ2) is 5.54. The number of hydrogen-bond acceptors (Lipinski definition) is 4. The van der Waals surface area contributed by atoms with Crippen LogP contribution in [-0.4, -0.2) is 15.5 Å². The molecule has 0 unspecified atom stereocenters. The van der Waals surface area contributed by atoms with Crippen molar-refractivity contribution in [3.8, 4) is 5.75 Å². The lowest BCUT2D eigenvalue weighted by molar-refractivity contribution is 0.414. The highest BCUT2D eigenvalue weighted by Gasteiger charge is 2.18. The number of aryl methyl sites for hydroxylation is 1. The molecule has 0 fully saturated rings. The van der Waals surface area contributed by atoms with E-state index < -0.39 is 9.84 Å². The number of anilines is 1. The second-order valence-corrected chi connectivity index (χ2v) is 6.59. The minimum absolute atomic E-state index is 0.0606. The van der Waals surface area contributed by atoms with Gasteiger partial charge in [-0.2, -0.15) is 0 Å². The van der Waals surface area contributed by atoms with E-state index in [1.54, 1.807) is 56.5 Å². The van der Waals surface area contributed by atoms with Gasteiger partial charge in [0.2, 0.25) is 0 Å². The first-order chi connectivity index (χ1) is 9.42. The van der Waals surface area contributed by atoms with Crippen LogP contribution < -0.4 is 10.5 Å². The molecule has 5 heteroatoms. The SMILES string of the molecule is COc1cccc(CS(=O)(=O)c2ccc(N)cc2C)c1. The summed E-state index contributed by atoms with van der Waals surface area (Å²) in [6.07, 6.45) is 0. The summed E-state index contributed by atoms with van der Waals surface area (Å²) < 4.78 is 30.0. The molecule has 0 bridgehead atoms. The Morgan fingerprint density at radius 2 is 1.90 bits per heavy atom.